The Hall–Kier alpha value is -2.89. The van der Waals surface area contributed by atoms with E-state index in [4.69, 9.17) is 32.4 Å². The molecule has 0 unspecified atom stereocenters. The zero-order chi connectivity index (χ0) is 24.4. The second kappa shape index (κ2) is 9.94. The monoisotopic (exact) mass is 488 g/mol. The van der Waals surface area contributed by atoms with Gasteiger partial charge in [-0.2, -0.15) is 0 Å². The van der Waals surface area contributed by atoms with Gasteiger partial charge >= 0.3 is 0 Å². The van der Waals surface area contributed by atoms with Crippen LogP contribution in [0, 0.1) is 0 Å². The average Bonchev–Trinajstić information content (AvgIpc) is 2.71. The van der Waals surface area contributed by atoms with E-state index >= 15 is 0 Å². The first-order valence-corrected chi connectivity index (χ1v) is 11.1. The summed E-state index contributed by atoms with van der Waals surface area (Å²) in [6.45, 7) is 7.70. The summed E-state index contributed by atoms with van der Waals surface area (Å²) in [6, 6.07) is 4.75. The Balaban J connectivity index is 2.48. The van der Waals surface area contributed by atoms with E-state index < -0.39 is 5.43 Å². The van der Waals surface area contributed by atoms with Crippen molar-refractivity contribution in [3.63, 3.8) is 0 Å². The van der Waals surface area contributed by atoms with E-state index in [1.165, 1.54) is 7.11 Å². The average molecular weight is 489 g/mol. The lowest BCUT2D eigenvalue weighted by Crippen LogP contribution is -2.10. The number of halogens is 2. The molecular weight excluding hydrogens is 463 g/mol. The number of phenolic OH excluding ortho intramolecular Hbond substituents is 2. The lowest BCUT2D eigenvalue weighted by atomic mass is 9.96. The van der Waals surface area contributed by atoms with Gasteiger partial charge in [-0.1, -0.05) is 46.5 Å². The smallest absolute Gasteiger partial charge is 0.239 e. The fourth-order valence-electron chi connectivity index (χ4n) is 3.55. The SMILES string of the molecule is COc1c(-c2cc(Cl)cc(Cl)c2)oc2c(CC=C(C)C)c(O)c(CC=C(C)C)c(O)c2c1=O. The first-order valence-electron chi connectivity index (χ1n) is 10.4. The van der Waals surface area contributed by atoms with Crippen LogP contribution in [0.4, 0.5) is 0 Å². The van der Waals surface area contributed by atoms with Crippen LogP contribution in [0.2, 0.25) is 10.0 Å². The van der Waals surface area contributed by atoms with E-state index in [0.717, 1.165) is 11.1 Å². The number of phenols is 2. The maximum Gasteiger partial charge on any atom is 0.239 e. The molecule has 0 bridgehead atoms. The van der Waals surface area contributed by atoms with Gasteiger partial charge in [-0.05, 0) is 58.7 Å². The van der Waals surface area contributed by atoms with Gasteiger partial charge in [-0.3, -0.25) is 4.79 Å². The van der Waals surface area contributed by atoms with Gasteiger partial charge in [0.05, 0.1) is 7.11 Å². The van der Waals surface area contributed by atoms with Crippen molar-refractivity contribution in [1.29, 1.82) is 0 Å². The summed E-state index contributed by atoms with van der Waals surface area (Å²) >= 11 is 12.3. The van der Waals surface area contributed by atoms with Crippen molar-refractivity contribution in [2.75, 3.05) is 7.11 Å². The molecule has 0 atom stereocenters. The van der Waals surface area contributed by atoms with Gasteiger partial charge in [0.1, 0.15) is 22.5 Å². The summed E-state index contributed by atoms with van der Waals surface area (Å²) in [6.07, 6.45) is 4.34. The fraction of sp³-hybridized carbons (Fsp3) is 0.269. The Kier molecular flexibility index (Phi) is 7.45. The van der Waals surface area contributed by atoms with Gasteiger partial charge < -0.3 is 19.4 Å². The predicted octanol–water partition coefficient (Wildman–Crippen LogP) is 7.20. The third-order valence-corrected chi connectivity index (χ3v) is 5.63. The van der Waals surface area contributed by atoms with Crippen molar-refractivity contribution in [2.45, 2.75) is 40.5 Å². The first-order chi connectivity index (χ1) is 15.5. The topological polar surface area (TPSA) is 79.9 Å². The maximum atomic E-state index is 13.5. The minimum atomic E-state index is -0.556. The molecule has 0 saturated heterocycles. The Labute approximate surface area is 202 Å². The van der Waals surface area contributed by atoms with Crippen LogP contribution in [0.15, 0.2) is 50.7 Å². The quantitative estimate of drug-likeness (QED) is 0.358. The number of aromatic hydroxyl groups is 2. The molecule has 174 valence electrons. The molecule has 1 heterocycles. The molecule has 2 N–H and O–H groups in total. The van der Waals surface area contributed by atoms with Crippen molar-refractivity contribution in [3.05, 3.63) is 72.9 Å². The second-order valence-corrected chi connectivity index (χ2v) is 9.15. The summed E-state index contributed by atoms with van der Waals surface area (Å²) in [5.74, 6) is -0.432. The number of benzene rings is 2. The number of hydrogen-bond donors (Lipinski definition) is 2. The van der Waals surface area contributed by atoms with Gasteiger partial charge in [0.25, 0.3) is 0 Å². The van der Waals surface area contributed by atoms with Crippen molar-refractivity contribution < 1.29 is 19.4 Å². The van der Waals surface area contributed by atoms with Gasteiger partial charge in [0.15, 0.2) is 5.76 Å². The Morgan fingerprint density at radius 2 is 1.48 bits per heavy atom. The van der Waals surface area contributed by atoms with Crippen LogP contribution < -0.4 is 10.2 Å². The summed E-state index contributed by atoms with van der Waals surface area (Å²) in [7, 11) is 1.35. The van der Waals surface area contributed by atoms with Crippen molar-refractivity contribution in [1.82, 2.24) is 0 Å². The van der Waals surface area contributed by atoms with E-state index in [-0.39, 0.29) is 46.0 Å². The summed E-state index contributed by atoms with van der Waals surface area (Å²) < 4.78 is 11.5. The van der Waals surface area contributed by atoms with Gasteiger partial charge in [0.2, 0.25) is 11.2 Å². The zero-order valence-corrected chi connectivity index (χ0v) is 20.7. The number of methoxy groups -OCH3 is 1. The highest BCUT2D eigenvalue weighted by atomic mass is 35.5. The lowest BCUT2D eigenvalue weighted by molar-refractivity contribution is 0.396. The van der Waals surface area contributed by atoms with E-state index in [1.54, 1.807) is 18.2 Å². The normalized spacial score (nSPS) is 10.9. The number of fused-ring (bicyclic) bond motifs is 1. The highest BCUT2D eigenvalue weighted by Gasteiger charge is 2.26. The van der Waals surface area contributed by atoms with Crippen molar-refractivity contribution in [3.8, 4) is 28.6 Å². The highest BCUT2D eigenvalue weighted by Crippen LogP contribution is 2.43. The largest absolute Gasteiger partial charge is 0.507 e. The second-order valence-electron chi connectivity index (χ2n) is 8.28. The predicted molar refractivity (Wildman–Crippen MR) is 134 cm³/mol. The van der Waals surface area contributed by atoms with Crippen LogP contribution in [0.5, 0.6) is 17.2 Å². The molecule has 0 spiro atoms. The molecule has 0 saturated carbocycles. The van der Waals surface area contributed by atoms with E-state index in [1.807, 2.05) is 39.8 Å². The van der Waals surface area contributed by atoms with Crippen molar-refractivity contribution >= 4 is 34.2 Å². The summed E-state index contributed by atoms with van der Waals surface area (Å²) in [5.41, 5.74) is 2.66. The number of rotatable bonds is 6. The van der Waals surface area contributed by atoms with Crippen LogP contribution >= 0.6 is 23.2 Å². The maximum absolute atomic E-state index is 13.5. The number of ether oxygens (including phenoxy) is 1. The fourth-order valence-corrected chi connectivity index (χ4v) is 4.08. The number of allylic oxidation sites excluding steroid dienone is 4. The van der Waals surface area contributed by atoms with Crippen LogP contribution in [-0.2, 0) is 12.8 Å². The van der Waals surface area contributed by atoms with Crippen LogP contribution in [-0.4, -0.2) is 17.3 Å². The standard InChI is InChI=1S/C26H26Cl2O5/c1-13(2)6-8-18-21(29)19(9-7-14(3)4)25-20(22(18)30)23(31)26(32-5)24(33-25)15-10-16(27)12-17(28)11-15/h6-7,10-12,29-30H,8-9H2,1-5H3. The minimum absolute atomic E-state index is 0.0455. The molecule has 0 fully saturated rings. The Bertz CT molecular complexity index is 1320. The highest BCUT2D eigenvalue weighted by molar-refractivity contribution is 6.35. The summed E-state index contributed by atoms with van der Waals surface area (Å²) in [5, 5.41) is 22.8. The van der Waals surface area contributed by atoms with E-state index in [0.29, 0.717) is 27.6 Å². The van der Waals surface area contributed by atoms with E-state index in [2.05, 4.69) is 0 Å². The molecular formula is C26H26Cl2O5. The zero-order valence-electron chi connectivity index (χ0n) is 19.2. The molecule has 0 radical (unpaired) electrons. The van der Waals surface area contributed by atoms with Crippen LogP contribution in [0.1, 0.15) is 38.8 Å². The molecule has 5 nitrogen and oxygen atoms in total. The molecule has 0 aliphatic carbocycles. The number of hydrogen-bond acceptors (Lipinski definition) is 5. The molecule has 2 aromatic carbocycles. The van der Waals surface area contributed by atoms with Gasteiger partial charge in [-0.25, -0.2) is 0 Å². The third-order valence-electron chi connectivity index (χ3n) is 5.20. The Morgan fingerprint density at radius 1 is 0.939 bits per heavy atom. The molecule has 0 amide bonds. The van der Waals surface area contributed by atoms with Crippen LogP contribution in [0.25, 0.3) is 22.3 Å². The van der Waals surface area contributed by atoms with Crippen LogP contribution in [0.3, 0.4) is 0 Å². The van der Waals surface area contributed by atoms with Gasteiger partial charge in [-0.15, -0.1) is 0 Å². The van der Waals surface area contributed by atoms with Gasteiger partial charge in [0, 0.05) is 26.7 Å². The molecule has 7 heteroatoms. The first kappa shape index (κ1) is 24.7. The molecule has 1 aromatic heterocycles. The Morgan fingerprint density at radius 3 is 2.00 bits per heavy atom. The molecule has 33 heavy (non-hydrogen) atoms. The molecule has 0 aliphatic heterocycles. The van der Waals surface area contributed by atoms with Crippen molar-refractivity contribution in [2.24, 2.45) is 0 Å². The lowest BCUT2D eigenvalue weighted by Gasteiger charge is -2.16. The molecule has 3 rings (SSSR count). The third kappa shape index (κ3) is 5.05. The minimum Gasteiger partial charge on any atom is -0.507 e. The van der Waals surface area contributed by atoms with E-state index in [9.17, 15) is 15.0 Å². The molecule has 3 aromatic rings. The molecule has 0 aliphatic rings. The summed E-state index contributed by atoms with van der Waals surface area (Å²) in [4.78, 5) is 13.5.